The molecule has 2 N–H and O–H groups in total. The highest BCUT2D eigenvalue weighted by atomic mass is 32.2. The maximum Gasteiger partial charge on any atom is 0.335 e. The van der Waals surface area contributed by atoms with Crippen LogP contribution in [0.1, 0.15) is 31.2 Å². The molecule has 0 unspecified atom stereocenters. The minimum atomic E-state index is -4.41. The van der Waals surface area contributed by atoms with Crippen LogP contribution in [0.25, 0.3) is 16.2 Å². The Morgan fingerprint density at radius 1 is 1.29 bits per heavy atom. The molecule has 1 aliphatic rings. The third-order valence-corrected chi connectivity index (χ3v) is 6.58. The van der Waals surface area contributed by atoms with Gasteiger partial charge in [0.2, 0.25) is 15.2 Å². The topological polar surface area (TPSA) is 113 Å². The zero-order valence-corrected chi connectivity index (χ0v) is 16.0. The van der Waals surface area contributed by atoms with Crippen LogP contribution in [0.5, 0.6) is 0 Å². The van der Waals surface area contributed by atoms with E-state index in [1.54, 1.807) is 0 Å². The lowest BCUT2D eigenvalue weighted by Crippen LogP contribution is -2.25. The summed E-state index contributed by atoms with van der Waals surface area (Å²) in [5.41, 5.74) is -0.674. The lowest BCUT2D eigenvalue weighted by molar-refractivity contribution is 0.150. The summed E-state index contributed by atoms with van der Waals surface area (Å²) in [6, 6.07) is 1.82. The monoisotopic (exact) mass is 433 g/mol. The summed E-state index contributed by atoms with van der Waals surface area (Å²) in [5.74, 6) is -1.10. The second-order valence-corrected chi connectivity index (χ2v) is 9.57. The maximum absolute atomic E-state index is 14.4. The summed E-state index contributed by atoms with van der Waals surface area (Å²) in [6.07, 6.45) is -1.13. The van der Waals surface area contributed by atoms with Crippen molar-refractivity contribution in [2.24, 2.45) is 10.6 Å². The number of alkyl halides is 2. The molecule has 1 aliphatic carbocycles. The molecule has 1 saturated carbocycles. The van der Waals surface area contributed by atoms with Gasteiger partial charge in [-0.15, -0.1) is 10.2 Å². The van der Waals surface area contributed by atoms with Crippen LogP contribution in [0.2, 0.25) is 0 Å². The third-order valence-electron chi connectivity index (χ3n) is 4.74. The van der Waals surface area contributed by atoms with Gasteiger partial charge in [0.05, 0.1) is 11.0 Å². The molecular weight excluding hydrogens is 419 g/mol. The molecule has 1 fully saturated rings. The Morgan fingerprint density at radius 2 is 1.96 bits per heavy atom. The molecule has 150 valence electrons. The molecular formula is C15H14F3N5O3S2. The first-order chi connectivity index (χ1) is 13.0. The summed E-state index contributed by atoms with van der Waals surface area (Å²) < 4.78 is 65.8. The van der Waals surface area contributed by atoms with E-state index in [0.29, 0.717) is 11.3 Å². The van der Waals surface area contributed by atoms with E-state index in [1.165, 1.54) is 4.57 Å². The van der Waals surface area contributed by atoms with E-state index in [4.69, 9.17) is 5.14 Å². The van der Waals surface area contributed by atoms with Crippen LogP contribution in [0.3, 0.4) is 0 Å². The van der Waals surface area contributed by atoms with Gasteiger partial charge in [-0.05, 0) is 24.3 Å². The van der Waals surface area contributed by atoms with Gasteiger partial charge in [0.25, 0.3) is 6.43 Å². The molecule has 0 bridgehead atoms. The second kappa shape index (κ2) is 6.12. The average molecular weight is 433 g/mol. The van der Waals surface area contributed by atoms with Crippen molar-refractivity contribution >= 4 is 32.4 Å². The normalized spacial score (nSPS) is 16.2. The fraction of sp³-hybridized carbons (Fsp3) is 0.400. The van der Waals surface area contributed by atoms with Crippen molar-refractivity contribution in [2.45, 2.75) is 37.6 Å². The molecule has 4 rings (SSSR count). The van der Waals surface area contributed by atoms with E-state index in [0.717, 1.165) is 29.5 Å². The summed E-state index contributed by atoms with van der Waals surface area (Å²) in [5, 5.41) is 11.3. The molecule has 0 amide bonds. The van der Waals surface area contributed by atoms with Crippen molar-refractivity contribution in [1.82, 2.24) is 19.3 Å². The van der Waals surface area contributed by atoms with Crippen LogP contribution in [-0.4, -0.2) is 27.7 Å². The van der Waals surface area contributed by atoms with Gasteiger partial charge in [-0.3, -0.25) is 4.57 Å². The summed E-state index contributed by atoms with van der Waals surface area (Å²) in [4.78, 5) is 12.2. The van der Waals surface area contributed by atoms with Crippen LogP contribution in [0.15, 0.2) is 21.8 Å². The van der Waals surface area contributed by atoms with Crippen LogP contribution in [0.4, 0.5) is 13.2 Å². The molecule has 0 radical (unpaired) electrons. The van der Waals surface area contributed by atoms with Crippen molar-refractivity contribution in [3.8, 4) is 5.13 Å². The van der Waals surface area contributed by atoms with E-state index >= 15 is 0 Å². The number of sulfonamides is 1. The molecule has 1 aromatic carbocycles. The van der Waals surface area contributed by atoms with Gasteiger partial charge in [-0.1, -0.05) is 18.3 Å². The number of primary sulfonamides is 1. The van der Waals surface area contributed by atoms with Crippen LogP contribution in [0, 0.1) is 11.2 Å². The third kappa shape index (κ3) is 3.12. The van der Waals surface area contributed by atoms with Crippen LogP contribution in [-0.2, 0) is 16.6 Å². The number of nitrogens with two attached hydrogens (primary N) is 1. The molecule has 13 heteroatoms. The summed E-state index contributed by atoms with van der Waals surface area (Å²) in [6.45, 7) is 2.22. The first-order valence-electron chi connectivity index (χ1n) is 8.10. The van der Waals surface area contributed by atoms with Gasteiger partial charge in [-0.25, -0.2) is 36.1 Å². The van der Waals surface area contributed by atoms with E-state index in [1.807, 2.05) is 6.92 Å². The van der Waals surface area contributed by atoms with Crippen molar-refractivity contribution < 1.29 is 21.6 Å². The lowest BCUT2D eigenvalue weighted by atomic mass is 10.1. The Hall–Kier alpha value is -2.25. The fourth-order valence-electron chi connectivity index (χ4n) is 2.97. The van der Waals surface area contributed by atoms with Crippen molar-refractivity contribution in [3.63, 3.8) is 0 Å². The lowest BCUT2D eigenvalue weighted by Gasteiger charge is -2.09. The number of aromatic nitrogens is 4. The molecule has 8 nitrogen and oxygen atoms in total. The highest BCUT2D eigenvalue weighted by Gasteiger charge is 2.39. The van der Waals surface area contributed by atoms with E-state index in [2.05, 4.69) is 10.2 Å². The second-order valence-electron chi connectivity index (χ2n) is 7.05. The Balaban J connectivity index is 2.03. The van der Waals surface area contributed by atoms with Gasteiger partial charge in [0, 0.05) is 12.6 Å². The van der Waals surface area contributed by atoms with E-state index in [9.17, 15) is 26.4 Å². The molecule has 2 heterocycles. The van der Waals surface area contributed by atoms with Crippen molar-refractivity contribution in [2.75, 3.05) is 0 Å². The van der Waals surface area contributed by atoms with E-state index < -0.39 is 37.9 Å². The molecule has 2 aromatic heterocycles. The molecule has 28 heavy (non-hydrogen) atoms. The summed E-state index contributed by atoms with van der Waals surface area (Å²) in [7, 11) is -4.41. The Labute approximate surface area is 160 Å². The molecule has 3 aromatic rings. The van der Waals surface area contributed by atoms with Crippen LogP contribution < -0.4 is 10.8 Å². The number of imidazole rings is 1. The first kappa shape index (κ1) is 19.1. The number of halogens is 3. The predicted molar refractivity (Wildman–Crippen MR) is 94.6 cm³/mol. The number of hydrogen-bond acceptors (Lipinski definition) is 6. The van der Waals surface area contributed by atoms with Gasteiger partial charge in [-0.2, -0.15) is 0 Å². The molecule has 0 atom stereocenters. The minimum Gasteiger partial charge on any atom is -0.291 e. The SMILES string of the molecule is CC1(Cn2c(=O)n(-c3nnc(C(F)F)s3)c3cc(S(N)(=O)=O)c(F)cc32)CC1. The summed E-state index contributed by atoms with van der Waals surface area (Å²) >= 11 is 0.491. The number of nitrogens with zero attached hydrogens (tertiary/aromatic N) is 4. The van der Waals surface area contributed by atoms with Gasteiger partial charge < -0.3 is 0 Å². The Morgan fingerprint density at radius 3 is 2.50 bits per heavy atom. The molecule has 0 aliphatic heterocycles. The standard InChI is InChI=1S/C15H14F3N5O3S2/c1-15(2-3-15)6-22-8-4-7(16)10(28(19,25)26)5-9(8)23(14(22)24)13-21-20-12(27-13)11(17)18/h4-5,11H,2-3,6H2,1H3,(H2,19,25,26). The van der Waals surface area contributed by atoms with E-state index in [-0.39, 0.29) is 28.1 Å². The molecule has 0 saturated heterocycles. The highest BCUT2D eigenvalue weighted by molar-refractivity contribution is 7.89. The quantitative estimate of drug-likeness (QED) is 0.663. The average Bonchev–Trinajstić information content (AvgIpc) is 3.02. The zero-order chi connectivity index (χ0) is 20.4. The van der Waals surface area contributed by atoms with Gasteiger partial charge in [0.1, 0.15) is 10.7 Å². The highest BCUT2D eigenvalue weighted by Crippen LogP contribution is 2.46. The number of benzene rings is 1. The number of fused-ring (bicyclic) bond motifs is 1. The Kier molecular flexibility index (Phi) is 4.17. The predicted octanol–water partition coefficient (Wildman–Crippen LogP) is 2.17. The van der Waals surface area contributed by atoms with Crippen molar-refractivity contribution in [3.05, 3.63) is 33.4 Å². The first-order valence-corrected chi connectivity index (χ1v) is 10.5. The largest absolute Gasteiger partial charge is 0.335 e. The zero-order valence-electron chi connectivity index (χ0n) is 14.4. The maximum atomic E-state index is 14.4. The molecule has 0 spiro atoms. The number of hydrogen-bond donors (Lipinski definition) is 1. The van der Waals surface area contributed by atoms with Gasteiger partial charge >= 0.3 is 5.69 Å². The number of rotatable bonds is 5. The fourth-order valence-corrected chi connectivity index (χ4v) is 4.28. The Bertz CT molecular complexity index is 1260. The minimum absolute atomic E-state index is 0.00311. The smallest absolute Gasteiger partial charge is 0.291 e. The van der Waals surface area contributed by atoms with Crippen molar-refractivity contribution in [1.29, 1.82) is 0 Å². The van der Waals surface area contributed by atoms with Gasteiger partial charge in [0.15, 0.2) is 5.01 Å². The van der Waals surface area contributed by atoms with Crippen LogP contribution >= 0.6 is 11.3 Å².